The topological polar surface area (TPSA) is 35.5 Å². The molecule has 0 N–H and O–H groups in total. The first kappa shape index (κ1) is 25.4. The Bertz CT molecular complexity index is 291. The van der Waals surface area contributed by atoms with Gasteiger partial charge in [-0.25, -0.2) is 0 Å². The maximum atomic E-state index is 11.6. The van der Waals surface area contributed by atoms with Gasteiger partial charge in [0.25, 0.3) is 0 Å². The molecule has 3 heteroatoms. The number of unbranched alkanes of at least 4 members (excludes halogenated alkanes) is 14. The van der Waals surface area contributed by atoms with E-state index in [0.717, 1.165) is 12.8 Å². The summed E-state index contributed by atoms with van der Waals surface area (Å²) in [7, 11) is 1.67. The summed E-state index contributed by atoms with van der Waals surface area (Å²) in [4.78, 5) is 11.6. The second kappa shape index (κ2) is 20.7. The van der Waals surface area contributed by atoms with Gasteiger partial charge in [-0.15, -0.1) is 0 Å². The molecule has 0 aliphatic carbocycles. The molecule has 0 bridgehead atoms. The predicted molar refractivity (Wildman–Crippen MR) is 112 cm³/mol. The third kappa shape index (κ3) is 19.8. The molecule has 1 atom stereocenters. The van der Waals surface area contributed by atoms with Gasteiger partial charge in [-0.2, -0.15) is 0 Å². The van der Waals surface area contributed by atoms with Crippen LogP contribution in [0.2, 0.25) is 0 Å². The molecule has 156 valence electrons. The first-order valence-corrected chi connectivity index (χ1v) is 11.3. The van der Waals surface area contributed by atoms with Crippen molar-refractivity contribution in [2.45, 2.75) is 117 Å². The molecule has 0 saturated heterocycles. The van der Waals surface area contributed by atoms with Gasteiger partial charge in [0.2, 0.25) is 0 Å². The number of hydrogen-bond acceptors (Lipinski definition) is 3. The van der Waals surface area contributed by atoms with Crippen LogP contribution in [0.5, 0.6) is 0 Å². The van der Waals surface area contributed by atoms with Gasteiger partial charge in [-0.1, -0.05) is 104 Å². The van der Waals surface area contributed by atoms with Gasteiger partial charge in [0.15, 0.2) is 0 Å². The fourth-order valence-corrected chi connectivity index (χ4v) is 3.28. The number of methoxy groups -OCH3 is 1. The first-order chi connectivity index (χ1) is 12.7. The summed E-state index contributed by atoms with van der Waals surface area (Å²) in [5, 5.41) is 0. The van der Waals surface area contributed by atoms with Crippen LogP contribution in [0.4, 0.5) is 0 Å². The summed E-state index contributed by atoms with van der Waals surface area (Å²) in [6.45, 7) is 5.43. The Morgan fingerprint density at radius 2 is 1.12 bits per heavy atom. The molecule has 0 fully saturated rings. The number of hydrogen-bond donors (Lipinski definition) is 0. The van der Waals surface area contributed by atoms with Crippen molar-refractivity contribution in [3.05, 3.63) is 0 Å². The van der Waals surface area contributed by atoms with Gasteiger partial charge >= 0.3 is 5.97 Å². The van der Waals surface area contributed by atoms with Crippen molar-refractivity contribution in [2.75, 3.05) is 20.3 Å². The van der Waals surface area contributed by atoms with E-state index in [-0.39, 0.29) is 11.9 Å². The Labute approximate surface area is 163 Å². The molecule has 0 aliphatic rings. The standard InChI is InChI=1S/C23H46O3/c1-4-5-6-7-8-9-10-11-12-13-14-15-16-17-18-19-23(24)26-21-22(2)20-25-3/h22H,4-21H2,1-3H3. The van der Waals surface area contributed by atoms with E-state index in [4.69, 9.17) is 9.47 Å². The lowest BCUT2D eigenvalue weighted by Gasteiger charge is -2.10. The highest BCUT2D eigenvalue weighted by Crippen LogP contribution is 2.13. The van der Waals surface area contributed by atoms with Crippen LogP contribution < -0.4 is 0 Å². The van der Waals surface area contributed by atoms with Crippen molar-refractivity contribution in [3.8, 4) is 0 Å². The van der Waals surface area contributed by atoms with Gasteiger partial charge in [0.1, 0.15) is 0 Å². The molecule has 0 rings (SSSR count). The quantitative estimate of drug-likeness (QED) is 0.170. The molecule has 0 aromatic rings. The third-order valence-electron chi connectivity index (χ3n) is 4.96. The molecule has 0 spiro atoms. The smallest absolute Gasteiger partial charge is 0.305 e. The SMILES string of the molecule is CCCCCCCCCCCCCCCCCC(=O)OCC(C)COC. The summed E-state index contributed by atoms with van der Waals surface area (Å²) < 4.78 is 10.3. The van der Waals surface area contributed by atoms with Gasteiger partial charge in [-0.3, -0.25) is 4.79 Å². The van der Waals surface area contributed by atoms with Crippen molar-refractivity contribution >= 4 is 5.97 Å². The molecule has 3 nitrogen and oxygen atoms in total. The predicted octanol–water partition coefficient (Wildman–Crippen LogP) is 7.07. The second-order valence-electron chi connectivity index (χ2n) is 7.94. The fraction of sp³-hybridized carbons (Fsp3) is 0.957. The summed E-state index contributed by atoms with van der Waals surface area (Å²) >= 11 is 0. The van der Waals surface area contributed by atoms with Crippen molar-refractivity contribution < 1.29 is 14.3 Å². The maximum Gasteiger partial charge on any atom is 0.305 e. The lowest BCUT2D eigenvalue weighted by atomic mass is 10.0. The minimum absolute atomic E-state index is 0.0531. The summed E-state index contributed by atoms with van der Waals surface area (Å²) in [5.41, 5.74) is 0. The molecular formula is C23H46O3. The molecule has 0 aromatic carbocycles. The number of carbonyl (C=O) groups is 1. The van der Waals surface area contributed by atoms with Crippen molar-refractivity contribution in [2.24, 2.45) is 5.92 Å². The Kier molecular flexibility index (Phi) is 20.3. The number of rotatable bonds is 20. The lowest BCUT2D eigenvalue weighted by molar-refractivity contribution is -0.145. The van der Waals surface area contributed by atoms with Gasteiger partial charge in [0.05, 0.1) is 13.2 Å². The van der Waals surface area contributed by atoms with E-state index in [1.165, 1.54) is 83.5 Å². The molecule has 1 unspecified atom stereocenters. The van der Waals surface area contributed by atoms with Crippen LogP contribution >= 0.6 is 0 Å². The molecule has 26 heavy (non-hydrogen) atoms. The summed E-state index contributed by atoms with van der Waals surface area (Å²) in [6, 6.07) is 0. The molecule has 0 amide bonds. The monoisotopic (exact) mass is 370 g/mol. The van der Waals surface area contributed by atoms with E-state index in [1.807, 2.05) is 6.92 Å². The van der Waals surface area contributed by atoms with E-state index in [2.05, 4.69) is 6.92 Å². The maximum absolute atomic E-state index is 11.6. The van der Waals surface area contributed by atoms with Crippen LogP contribution in [-0.4, -0.2) is 26.3 Å². The summed E-state index contributed by atoms with van der Waals surface area (Å²) in [5.74, 6) is 0.229. The van der Waals surface area contributed by atoms with Crippen LogP contribution in [0, 0.1) is 5.92 Å². The van der Waals surface area contributed by atoms with Crippen molar-refractivity contribution in [1.82, 2.24) is 0 Å². The van der Waals surface area contributed by atoms with Crippen molar-refractivity contribution in [3.63, 3.8) is 0 Å². The Hall–Kier alpha value is -0.570. The Morgan fingerprint density at radius 3 is 1.54 bits per heavy atom. The zero-order valence-electron chi connectivity index (χ0n) is 18.0. The average molecular weight is 371 g/mol. The molecule has 0 saturated carbocycles. The van der Waals surface area contributed by atoms with Crippen molar-refractivity contribution in [1.29, 1.82) is 0 Å². The Morgan fingerprint density at radius 1 is 0.692 bits per heavy atom. The fourth-order valence-electron chi connectivity index (χ4n) is 3.28. The molecular weight excluding hydrogens is 324 g/mol. The molecule has 0 aliphatic heterocycles. The van der Waals surface area contributed by atoms with Gasteiger partial charge < -0.3 is 9.47 Å². The highest BCUT2D eigenvalue weighted by molar-refractivity contribution is 5.69. The van der Waals surface area contributed by atoms with E-state index in [9.17, 15) is 4.79 Å². The van der Waals surface area contributed by atoms with Gasteiger partial charge in [0, 0.05) is 19.4 Å². The Balaban J connectivity index is 3.16. The number of ether oxygens (including phenoxy) is 2. The van der Waals surface area contributed by atoms with E-state index >= 15 is 0 Å². The highest BCUT2D eigenvalue weighted by atomic mass is 16.5. The first-order valence-electron chi connectivity index (χ1n) is 11.3. The van der Waals surface area contributed by atoms with Crippen LogP contribution in [0.3, 0.4) is 0 Å². The van der Waals surface area contributed by atoms with Crippen LogP contribution in [0.15, 0.2) is 0 Å². The van der Waals surface area contributed by atoms with E-state index in [1.54, 1.807) is 7.11 Å². The van der Waals surface area contributed by atoms with Crippen LogP contribution in [-0.2, 0) is 14.3 Å². The number of esters is 1. The third-order valence-corrected chi connectivity index (χ3v) is 4.96. The van der Waals surface area contributed by atoms with E-state index < -0.39 is 0 Å². The lowest BCUT2D eigenvalue weighted by Crippen LogP contribution is -2.15. The minimum Gasteiger partial charge on any atom is -0.465 e. The zero-order valence-corrected chi connectivity index (χ0v) is 18.0. The molecule has 0 aromatic heterocycles. The minimum atomic E-state index is -0.0531. The zero-order chi connectivity index (χ0) is 19.3. The van der Waals surface area contributed by atoms with Gasteiger partial charge in [-0.05, 0) is 6.42 Å². The average Bonchev–Trinajstić information content (AvgIpc) is 2.63. The molecule has 0 radical (unpaired) electrons. The van der Waals surface area contributed by atoms with E-state index in [0.29, 0.717) is 19.6 Å². The largest absolute Gasteiger partial charge is 0.465 e. The normalized spacial score (nSPS) is 12.3. The number of carbonyl (C=O) groups excluding carboxylic acids is 1. The van der Waals surface area contributed by atoms with Crippen LogP contribution in [0.25, 0.3) is 0 Å². The second-order valence-corrected chi connectivity index (χ2v) is 7.94. The molecule has 0 heterocycles. The van der Waals surface area contributed by atoms with Crippen LogP contribution in [0.1, 0.15) is 117 Å². The summed E-state index contributed by atoms with van der Waals surface area (Å²) in [6.07, 6.45) is 20.7. The highest BCUT2D eigenvalue weighted by Gasteiger charge is 2.06.